The minimum atomic E-state index is -0.997. The van der Waals surface area contributed by atoms with Crippen LogP contribution in [0.25, 0.3) is 10.9 Å². The highest BCUT2D eigenvalue weighted by Crippen LogP contribution is 2.28. The van der Waals surface area contributed by atoms with E-state index in [1.54, 1.807) is 24.3 Å². The first kappa shape index (κ1) is 19.9. The largest absolute Gasteiger partial charge is 0.478 e. The predicted octanol–water partition coefficient (Wildman–Crippen LogP) is 2.94. The smallest absolute Gasteiger partial charge is 0.337 e. The van der Waals surface area contributed by atoms with E-state index in [1.165, 1.54) is 0 Å². The standard InChI is InChI=1S/C22H24N4O4/c1-13-11-16(14(2)23-18-6-4-3-5-15(18)21(28)29)19-17(12-13)20(27)25-22(24-19)26-7-9-30-10-8-26/h3-6,11-12,14,23H,7-10H2,1-2H3,(H,28,29)(H,24,25,27). The highest BCUT2D eigenvalue weighted by Gasteiger charge is 2.19. The number of nitrogens with zero attached hydrogens (tertiary/aromatic N) is 2. The lowest BCUT2D eigenvalue weighted by Gasteiger charge is -2.27. The van der Waals surface area contributed by atoms with Crippen molar-refractivity contribution in [2.75, 3.05) is 36.5 Å². The molecule has 1 atom stereocenters. The fraction of sp³-hybridized carbons (Fsp3) is 0.318. The number of H-pyrrole nitrogens is 1. The van der Waals surface area contributed by atoms with Gasteiger partial charge in [-0.25, -0.2) is 9.78 Å². The van der Waals surface area contributed by atoms with Crippen molar-refractivity contribution in [2.24, 2.45) is 0 Å². The number of nitrogens with one attached hydrogen (secondary N) is 2. The number of aromatic carboxylic acids is 1. The number of fused-ring (bicyclic) bond motifs is 1. The van der Waals surface area contributed by atoms with Gasteiger partial charge < -0.3 is 20.1 Å². The molecule has 1 fully saturated rings. The summed E-state index contributed by atoms with van der Waals surface area (Å²) in [5.74, 6) is -0.470. The number of aromatic amines is 1. The van der Waals surface area contributed by atoms with E-state index in [0.29, 0.717) is 48.8 Å². The number of carboxylic acids is 1. The van der Waals surface area contributed by atoms with Crippen molar-refractivity contribution >= 4 is 28.5 Å². The molecule has 0 spiro atoms. The van der Waals surface area contributed by atoms with Crippen LogP contribution in [0.4, 0.5) is 11.6 Å². The summed E-state index contributed by atoms with van der Waals surface area (Å²) in [6, 6.07) is 10.3. The van der Waals surface area contributed by atoms with Crippen molar-refractivity contribution < 1.29 is 14.6 Å². The Hall–Kier alpha value is -3.39. The Morgan fingerprint density at radius 2 is 2.00 bits per heavy atom. The van der Waals surface area contributed by atoms with Crippen LogP contribution in [0, 0.1) is 6.92 Å². The first-order valence-electron chi connectivity index (χ1n) is 9.90. The topological polar surface area (TPSA) is 108 Å². The third kappa shape index (κ3) is 3.86. The fourth-order valence-electron chi connectivity index (χ4n) is 3.77. The maximum Gasteiger partial charge on any atom is 0.337 e. The van der Waals surface area contributed by atoms with Crippen molar-refractivity contribution in [1.82, 2.24) is 9.97 Å². The number of anilines is 2. The van der Waals surface area contributed by atoms with Crippen LogP contribution in [0.2, 0.25) is 0 Å². The molecule has 30 heavy (non-hydrogen) atoms. The van der Waals surface area contributed by atoms with Crippen LogP contribution in [-0.2, 0) is 4.74 Å². The van der Waals surface area contributed by atoms with Gasteiger partial charge in [0, 0.05) is 24.3 Å². The van der Waals surface area contributed by atoms with Crippen LogP contribution >= 0.6 is 0 Å². The molecule has 3 aromatic rings. The normalized spacial score (nSPS) is 15.2. The number of para-hydroxylation sites is 1. The quantitative estimate of drug-likeness (QED) is 0.596. The van der Waals surface area contributed by atoms with E-state index in [-0.39, 0.29) is 17.2 Å². The Morgan fingerprint density at radius 1 is 1.27 bits per heavy atom. The highest BCUT2D eigenvalue weighted by atomic mass is 16.5. The van der Waals surface area contributed by atoms with Crippen LogP contribution in [0.5, 0.6) is 0 Å². The first-order valence-corrected chi connectivity index (χ1v) is 9.90. The summed E-state index contributed by atoms with van der Waals surface area (Å²) in [5, 5.41) is 13.3. The van der Waals surface area contributed by atoms with Gasteiger partial charge in [0.25, 0.3) is 5.56 Å². The van der Waals surface area contributed by atoms with Crippen LogP contribution in [-0.4, -0.2) is 47.3 Å². The summed E-state index contributed by atoms with van der Waals surface area (Å²) in [7, 11) is 0. The molecule has 1 aliphatic heterocycles. The Morgan fingerprint density at radius 3 is 2.73 bits per heavy atom. The van der Waals surface area contributed by atoms with Gasteiger partial charge in [-0.2, -0.15) is 0 Å². The van der Waals surface area contributed by atoms with Crippen molar-refractivity contribution in [3.8, 4) is 0 Å². The second kappa shape index (κ2) is 8.16. The molecule has 2 heterocycles. The van der Waals surface area contributed by atoms with E-state index in [0.717, 1.165) is 11.1 Å². The van der Waals surface area contributed by atoms with E-state index in [4.69, 9.17) is 9.72 Å². The van der Waals surface area contributed by atoms with Gasteiger partial charge in [-0.3, -0.25) is 9.78 Å². The van der Waals surface area contributed by atoms with E-state index < -0.39 is 5.97 Å². The van der Waals surface area contributed by atoms with Gasteiger partial charge in [-0.05, 0) is 37.6 Å². The Balaban J connectivity index is 1.78. The zero-order chi connectivity index (χ0) is 21.3. The highest BCUT2D eigenvalue weighted by molar-refractivity contribution is 5.94. The minimum absolute atomic E-state index is 0.190. The SMILES string of the molecule is Cc1cc(C(C)Nc2ccccc2C(=O)O)c2nc(N3CCOCC3)[nH]c(=O)c2c1. The van der Waals surface area contributed by atoms with Crippen molar-refractivity contribution in [2.45, 2.75) is 19.9 Å². The zero-order valence-corrected chi connectivity index (χ0v) is 16.9. The number of ether oxygens (including phenoxy) is 1. The van der Waals surface area contributed by atoms with Crippen LogP contribution in [0.3, 0.4) is 0 Å². The molecule has 2 aromatic carbocycles. The van der Waals surface area contributed by atoms with Gasteiger partial charge in [-0.1, -0.05) is 18.2 Å². The number of carbonyl (C=O) groups is 1. The molecule has 1 aromatic heterocycles. The summed E-state index contributed by atoms with van der Waals surface area (Å²) in [5.41, 5.74) is 2.91. The Bertz CT molecular complexity index is 1150. The maximum atomic E-state index is 12.8. The van der Waals surface area contributed by atoms with Crippen molar-refractivity contribution in [3.05, 3.63) is 63.4 Å². The van der Waals surface area contributed by atoms with E-state index in [9.17, 15) is 14.7 Å². The second-order valence-corrected chi connectivity index (χ2v) is 7.46. The van der Waals surface area contributed by atoms with Crippen LogP contribution in [0.15, 0.2) is 41.2 Å². The molecule has 0 aliphatic carbocycles. The lowest BCUT2D eigenvalue weighted by molar-refractivity contribution is 0.0698. The molecule has 3 N–H and O–H groups in total. The molecule has 0 amide bonds. The number of hydrogen-bond donors (Lipinski definition) is 3. The molecule has 0 saturated carbocycles. The van der Waals surface area contributed by atoms with Gasteiger partial charge >= 0.3 is 5.97 Å². The molecule has 8 nitrogen and oxygen atoms in total. The monoisotopic (exact) mass is 408 g/mol. The summed E-state index contributed by atoms with van der Waals surface area (Å²) >= 11 is 0. The van der Waals surface area contributed by atoms with Gasteiger partial charge in [0.1, 0.15) is 0 Å². The molecule has 1 unspecified atom stereocenters. The average Bonchev–Trinajstić information content (AvgIpc) is 2.74. The number of aromatic nitrogens is 2. The molecule has 0 radical (unpaired) electrons. The van der Waals surface area contributed by atoms with Crippen LogP contribution in [0.1, 0.15) is 34.5 Å². The van der Waals surface area contributed by atoms with Gasteiger partial charge in [0.15, 0.2) is 0 Å². The zero-order valence-electron chi connectivity index (χ0n) is 16.9. The van der Waals surface area contributed by atoms with Gasteiger partial charge in [-0.15, -0.1) is 0 Å². The molecule has 156 valence electrons. The average molecular weight is 408 g/mol. The Kier molecular flexibility index (Phi) is 5.41. The Labute approximate surface area is 173 Å². The fourth-order valence-corrected chi connectivity index (χ4v) is 3.77. The molecule has 1 aliphatic rings. The van der Waals surface area contributed by atoms with Gasteiger partial charge in [0.2, 0.25) is 5.95 Å². The van der Waals surface area contributed by atoms with Crippen LogP contribution < -0.4 is 15.8 Å². The third-order valence-electron chi connectivity index (χ3n) is 5.28. The predicted molar refractivity (Wildman–Crippen MR) is 116 cm³/mol. The molecule has 8 heteroatoms. The summed E-state index contributed by atoms with van der Waals surface area (Å²) in [4.78, 5) is 34.1. The van der Waals surface area contributed by atoms with E-state index >= 15 is 0 Å². The number of rotatable bonds is 5. The first-order chi connectivity index (χ1) is 14.4. The summed E-state index contributed by atoms with van der Waals surface area (Å²) in [6.45, 7) is 6.37. The minimum Gasteiger partial charge on any atom is -0.478 e. The molecule has 1 saturated heterocycles. The third-order valence-corrected chi connectivity index (χ3v) is 5.28. The second-order valence-electron chi connectivity index (χ2n) is 7.46. The van der Waals surface area contributed by atoms with Crippen molar-refractivity contribution in [1.29, 1.82) is 0 Å². The summed E-state index contributed by atoms with van der Waals surface area (Å²) in [6.07, 6.45) is 0. The van der Waals surface area contributed by atoms with E-state index in [2.05, 4.69) is 10.3 Å². The lowest BCUT2D eigenvalue weighted by Crippen LogP contribution is -2.38. The molecule has 4 rings (SSSR count). The van der Waals surface area contributed by atoms with Crippen molar-refractivity contribution in [3.63, 3.8) is 0 Å². The number of morpholine rings is 1. The number of aryl methyl sites for hydroxylation is 1. The summed E-state index contributed by atoms with van der Waals surface area (Å²) < 4.78 is 5.39. The molecular weight excluding hydrogens is 384 g/mol. The maximum absolute atomic E-state index is 12.8. The number of hydrogen-bond acceptors (Lipinski definition) is 6. The molecule has 0 bridgehead atoms. The number of carboxylic acid groups (broad SMARTS) is 1. The van der Waals surface area contributed by atoms with Gasteiger partial charge in [0.05, 0.1) is 35.7 Å². The van der Waals surface area contributed by atoms with E-state index in [1.807, 2.05) is 30.9 Å². The molecular formula is C22H24N4O4. The lowest BCUT2D eigenvalue weighted by atomic mass is 10.0. The number of benzene rings is 2.